The molecule has 0 radical (unpaired) electrons. The van der Waals surface area contributed by atoms with Gasteiger partial charge in [-0.05, 0) is 74.4 Å². The van der Waals surface area contributed by atoms with Crippen molar-refractivity contribution in [2.75, 3.05) is 10.6 Å². The van der Waals surface area contributed by atoms with Gasteiger partial charge >= 0.3 is 0 Å². The van der Waals surface area contributed by atoms with Crippen molar-refractivity contribution in [1.82, 2.24) is 0 Å². The zero-order valence-electron chi connectivity index (χ0n) is 17.0. The van der Waals surface area contributed by atoms with E-state index in [1.165, 1.54) is 0 Å². The Hall–Kier alpha value is -3.31. The van der Waals surface area contributed by atoms with Gasteiger partial charge < -0.3 is 15.4 Å². The first-order chi connectivity index (χ1) is 14.3. The van der Waals surface area contributed by atoms with Gasteiger partial charge in [0.15, 0.2) is 6.10 Å². The van der Waals surface area contributed by atoms with Crippen molar-refractivity contribution in [1.29, 1.82) is 0 Å². The molecule has 0 saturated heterocycles. The Morgan fingerprint density at radius 2 is 1.53 bits per heavy atom. The van der Waals surface area contributed by atoms with Gasteiger partial charge in [-0.15, -0.1) is 0 Å². The Bertz CT molecular complexity index is 1060. The summed E-state index contributed by atoms with van der Waals surface area (Å²) < 4.78 is 5.69. The van der Waals surface area contributed by atoms with E-state index < -0.39 is 6.10 Å². The van der Waals surface area contributed by atoms with Gasteiger partial charge in [-0.3, -0.25) is 9.59 Å². The molecule has 0 aliphatic rings. The van der Waals surface area contributed by atoms with Crippen LogP contribution in [-0.4, -0.2) is 17.9 Å². The average Bonchev–Trinajstić information content (AvgIpc) is 2.73. The van der Waals surface area contributed by atoms with E-state index in [0.717, 1.165) is 16.8 Å². The third-order valence-corrected chi connectivity index (χ3v) is 5.11. The van der Waals surface area contributed by atoms with Crippen molar-refractivity contribution >= 4 is 34.8 Å². The lowest BCUT2D eigenvalue weighted by Gasteiger charge is -2.15. The molecule has 0 aliphatic heterocycles. The van der Waals surface area contributed by atoms with Crippen LogP contribution in [0.1, 0.15) is 28.4 Å². The van der Waals surface area contributed by atoms with Crippen molar-refractivity contribution in [3.63, 3.8) is 0 Å². The van der Waals surface area contributed by atoms with Crippen LogP contribution in [0.25, 0.3) is 0 Å². The summed E-state index contributed by atoms with van der Waals surface area (Å²) in [6, 6.07) is 19.4. The number of para-hydroxylation sites is 1. The van der Waals surface area contributed by atoms with E-state index in [1.807, 2.05) is 32.0 Å². The smallest absolute Gasteiger partial charge is 0.265 e. The molecule has 0 unspecified atom stereocenters. The molecule has 1 atom stereocenters. The molecule has 3 rings (SSSR count). The molecule has 0 aromatic heterocycles. The summed E-state index contributed by atoms with van der Waals surface area (Å²) in [5, 5.41) is 6.11. The first-order valence-corrected chi connectivity index (χ1v) is 9.92. The van der Waals surface area contributed by atoms with Crippen LogP contribution in [0.15, 0.2) is 66.7 Å². The van der Waals surface area contributed by atoms with Crippen LogP contribution in [0.4, 0.5) is 11.4 Å². The van der Waals surface area contributed by atoms with E-state index >= 15 is 0 Å². The number of hydrogen-bond acceptors (Lipinski definition) is 3. The molecule has 0 aliphatic carbocycles. The third kappa shape index (κ3) is 5.19. The fourth-order valence-corrected chi connectivity index (χ4v) is 3.00. The van der Waals surface area contributed by atoms with Crippen LogP contribution < -0.4 is 15.4 Å². The second kappa shape index (κ2) is 9.46. The van der Waals surface area contributed by atoms with Gasteiger partial charge in [-0.1, -0.05) is 35.9 Å². The predicted molar refractivity (Wildman–Crippen MR) is 120 cm³/mol. The molecule has 0 bridgehead atoms. The Labute approximate surface area is 181 Å². The fourth-order valence-electron chi connectivity index (χ4n) is 2.82. The second-order valence-corrected chi connectivity index (χ2v) is 7.36. The molecule has 3 aromatic rings. The predicted octanol–water partition coefficient (Wildman–Crippen LogP) is 5.62. The highest BCUT2D eigenvalue weighted by Crippen LogP contribution is 2.22. The molecule has 3 aromatic carbocycles. The lowest BCUT2D eigenvalue weighted by atomic mass is 10.1. The Morgan fingerprint density at radius 3 is 2.23 bits per heavy atom. The third-order valence-electron chi connectivity index (χ3n) is 4.78. The normalized spacial score (nSPS) is 11.5. The number of halogens is 1. The number of ether oxygens (including phenoxy) is 1. The molecule has 0 saturated carbocycles. The minimum absolute atomic E-state index is 0.209. The van der Waals surface area contributed by atoms with E-state index in [4.69, 9.17) is 16.3 Å². The van der Waals surface area contributed by atoms with Gasteiger partial charge in [0.1, 0.15) is 5.75 Å². The lowest BCUT2D eigenvalue weighted by Crippen LogP contribution is -2.30. The number of rotatable bonds is 6. The zero-order valence-corrected chi connectivity index (χ0v) is 17.8. The summed E-state index contributed by atoms with van der Waals surface area (Å²) in [4.78, 5) is 24.9. The fraction of sp³-hybridized carbons (Fsp3) is 0.167. The maximum atomic E-state index is 12.5. The monoisotopic (exact) mass is 422 g/mol. The summed E-state index contributed by atoms with van der Waals surface area (Å²) in [5.41, 5.74) is 3.95. The molecule has 0 fully saturated rings. The van der Waals surface area contributed by atoms with Gasteiger partial charge in [-0.25, -0.2) is 0 Å². The van der Waals surface area contributed by atoms with Crippen LogP contribution in [0, 0.1) is 13.8 Å². The van der Waals surface area contributed by atoms with Crippen LogP contribution in [0.3, 0.4) is 0 Å². The number of carbonyl (C=O) groups excluding carboxylic acids is 2. The van der Waals surface area contributed by atoms with Crippen LogP contribution in [0.2, 0.25) is 5.02 Å². The largest absolute Gasteiger partial charge is 0.481 e. The standard InChI is InChI=1S/C24H23ClN2O3/c1-15-7-6-10-21(16(15)2)26-24(29)18-11-13-19(14-12-18)30-17(3)23(28)27-22-9-5-4-8-20(22)25/h4-14,17H,1-3H3,(H,26,29)(H,27,28)/t17-/m0/s1. The molecule has 30 heavy (non-hydrogen) atoms. The van der Waals surface area contributed by atoms with Crippen molar-refractivity contribution in [2.45, 2.75) is 26.9 Å². The molecule has 154 valence electrons. The first kappa shape index (κ1) is 21.4. The molecule has 0 spiro atoms. The summed E-state index contributed by atoms with van der Waals surface area (Å²) in [7, 11) is 0. The number of carbonyl (C=O) groups is 2. The number of anilines is 2. The Balaban J connectivity index is 1.61. The van der Waals surface area contributed by atoms with E-state index in [2.05, 4.69) is 10.6 Å². The summed E-state index contributed by atoms with van der Waals surface area (Å²) >= 11 is 6.06. The molecule has 2 amide bonds. The number of hydrogen-bond donors (Lipinski definition) is 2. The number of benzene rings is 3. The maximum absolute atomic E-state index is 12.5. The van der Waals surface area contributed by atoms with Crippen LogP contribution >= 0.6 is 11.6 Å². The second-order valence-electron chi connectivity index (χ2n) is 6.96. The SMILES string of the molecule is Cc1cccc(NC(=O)c2ccc(O[C@@H](C)C(=O)Nc3ccccc3Cl)cc2)c1C. The average molecular weight is 423 g/mol. The van der Waals surface area contributed by atoms with Gasteiger partial charge in [0, 0.05) is 11.3 Å². The zero-order chi connectivity index (χ0) is 21.7. The molecular formula is C24H23ClN2O3. The van der Waals surface area contributed by atoms with E-state index in [1.54, 1.807) is 55.5 Å². The number of amides is 2. The number of nitrogens with one attached hydrogen (secondary N) is 2. The minimum atomic E-state index is -0.740. The quantitative estimate of drug-likeness (QED) is 0.542. The first-order valence-electron chi connectivity index (χ1n) is 9.55. The molecule has 0 heterocycles. The summed E-state index contributed by atoms with van der Waals surface area (Å²) in [5.74, 6) is -0.0419. The van der Waals surface area contributed by atoms with Crippen molar-refractivity contribution < 1.29 is 14.3 Å². The van der Waals surface area contributed by atoms with Gasteiger partial charge in [-0.2, -0.15) is 0 Å². The minimum Gasteiger partial charge on any atom is -0.481 e. The molecule has 2 N–H and O–H groups in total. The molecular weight excluding hydrogens is 400 g/mol. The summed E-state index contributed by atoms with van der Waals surface area (Å²) in [6.07, 6.45) is -0.740. The van der Waals surface area contributed by atoms with E-state index in [9.17, 15) is 9.59 Å². The van der Waals surface area contributed by atoms with E-state index in [0.29, 0.717) is 22.0 Å². The van der Waals surface area contributed by atoms with Crippen molar-refractivity contribution in [3.8, 4) is 5.75 Å². The highest BCUT2D eigenvalue weighted by molar-refractivity contribution is 6.33. The highest BCUT2D eigenvalue weighted by atomic mass is 35.5. The van der Waals surface area contributed by atoms with Gasteiger partial charge in [0.05, 0.1) is 10.7 Å². The lowest BCUT2D eigenvalue weighted by molar-refractivity contribution is -0.122. The Morgan fingerprint density at radius 1 is 0.867 bits per heavy atom. The van der Waals surface area contributed by atoms with Gasteiger partial charge in [0.25, 0.3) is 11.8 Å². The van der Waals surface area contributed by atoms with Crippen LogP contribution in [-0.2, 0) is 4.79 Å². The van der Waals surface area contributed by atoms with Gasteiger partial charge in [0.2, 0.25) is 0 Å². The van der Waals surface area contributed by atoms with E-state index in [-0.39, 0.29) is 11.8 Å². The van der Waals surface area contributed by atoms with Crippen LogP contribution in [0.5, 0.6) is 5.75 Å². The maximum Gasteiger partial charge on any atom is 0.265 e. The summed E-state index contributed by atoms with van der Waals surface area (Å²) in [6.45, 7) is 5.62. The molecule has 5 nitrogen and oxygen atoms in total. The highest BCUT2D eigenvalue weighted by Gasteiger charge is 2.16. The Kier molecular flexibility index (Phi) is 6.75. The molecule has 6 heteroatoms. The number of aryl methyl sites for hydroxylation is 1. The van der Waals surface area contributed by atoms with Crippen molar-refractivity contribution in [3.05, 3.63) is 88.4 Å². The van der Waals surface area contributed by atoms with Crippen molar-refractivity contribution in [2.24, 2.45) is 0 Å². The topological polar surface area (TPSA) is 67.4 Å².